The van der Waals surface area contributed by atoms with Crippen molar-refractivity contribution in [2.24, 2.45) is 5.92 Å². The Morgan fingerprint density at radius 1 is 0.914 bits per heavy atom. The van der Waals surface area contributed by atoms with Crippen molar-refractivity contribution in [3.8, 4) is 0 Å². The summed E-state index contributed by atoms with van der Waals surface area (Å²) < 4.78 is 26.4. The van der Waals surface area contributed by atoms with Crippen molar-refractivity contribution in [1.82, 2.24) is 0 Å². The number of benzene rings is 3. The SMILES string of the molecule is Cc1cc([C@H]2[C@H](C(=O)Nc3ccc(Cl)c(C(=O)Nc4c(F)cccc4F)c3)C2(Cl)Cl)cc(Cl)c1Cl. The smallest absolute Gasteiger partial charge is 0.257 e. The molecule has 4 nitrogen and oxygen atoms in total. The first-order valence-corrected chi connectivity index (χ1v) is 12.0. The van der Waals surface area contributed by atoms with Crippen LogP contribution in [0.15, 0.2) is 48.5 Å². The van der Waals surface area contributed by atoms with Gasteiger partial charge in [-0.25, -0.2) is 8.78 Å². The van der Waals surface area contributed by atoms with Crippen molar-refractivity contribution < 1.29 is 18.4 Å². The Kier molecular flexibility index (Phi) is 7.24. The van der Waals surface area contributed by atoms with Gasteiger partial charge in [0.2, 0.25) is 5.91 Å². The van der Waals surface area contributed by atoms with Crippen molar-refractivity contribution in [3.63, 3.8) is 0 Å². The number of nitrogens with one attached hydrogen (secondary N) is 2. The van der Waals surface area contributed by atoms with Crippen molar-refractivity contribution in [3.05, 3.63) is 91.9 Å². The lowest BCUT2D eigenvalue weighted by molar-refractivity contribution is -0.117. The minimum Gasteiger partial charge on any atom is -0.326 e. The van der Waals surface area contributed by atoms with E-state index in [1.165, 1.54) is 24.3 Å². The molecule has 35 heavy (non-hydrogen) atoms. The molecule has 0 aromatic heterocycles. The van der Waals surface area contributed by atoms with Gasteiger partial charge in [-0.1, -0.05) is 46.9 Å². The van der Waals surface area contributed by atoms with Crippen LogP contribution in [0.25, 0.3) is 0 Å². The zero-order valence-corrected chi connectivity index (χ0v) is 21.5. The van der Waals surface area contributed by atoms with Crippen LogP contribution in [0, 0.1) is 24.5 Å². The Hall–Kier alpha value is -2.09. The molecule has 2 amide bonds. The second-order valence-electron chi connectivity index (χ2n) is 8.00. The zero-order chi connectivity index (χ0) is 25.7. The summed E-state index contributed by atoms with van der Waals surface area (Å²) in [5.41, 5.74) is 0.852. The van der Waals surface area contributed by atoms with Gasteiger partial charge in [0.25, 0.3) is 5.91 Å². The molecule has 11 heteroatoms. The lowest BCUT2D eigenvalue weighted by Gasteiger charge is -2.11. The molecule has 1 aliphatic carbocycles. The molecule has 0 heterocycles. The molecule has 3 aromatic carbocycles. The summed E-state index contributed by atoms with van der Waals surface area (Å²) in [5.74, 6) is -4.62. The molecule has 1 saturated carbocycles. The summed E-state index contributed by atoms with van der Waals surface area (Å²) in [7, 11) is 0. The van der Waals surface area contributed by atoms with E-state index in [1.807, 2.05) is 0 Å². The van der Waals surface area contributed by atoms with Gasteiger partial charge in [0.15, 0.2) is 0 Å². The average Bonchev–Trinajstić information content (AvgIpc) is 3.37. The Bertz CT molecular complexity index is 1320. The van der Waals surface area contributed by atoms with E-state index in [9.17, 15) is 18.4 Å². The van der Waals surface area contributed by atoms with Crippen LogP contribution in [0.3, 0.4) is 0 Å². The predicted molar refractivity (Wildman–Crippen MR) is 136 cm³/mol. The topological polar surface area (TPSA) is 58.2 Å². The third-order valence-electron chi connectivity index (χ3n) is 5.61. The summed E-state index contributed by atoms with van der Waals surface area (Å²) in [6.07, 6.45) is 0. The van der Waals surface area contributed by atoms with E-state index in [1.54, 1.807) is 19.1 Å². The van der Waals surface area contributed by atoms with Gasteiger partial charge >= 0.3 is 0 Å². The monoisotopic (exact) mass is 576 g/mol. The van der Waals surface area contributed by atoms with Crippen molar-refractivity contribution in [2.45, 2.75) is 17.2 Å². The predicted octanol–water partition coefficient (Wildman–Crippen LogP) is 8.01. The van der Waals surface area contributed by atoms with Crippen molar-refractivity contribution in [2.75, 3.05) is 10.6 Å². The van der Waals surface area contributed by atoms with E-state index in [0.717, 1.165) is 12.1 Å². The van der Waals surface area contributed by atoms with Gasteiger partial charge in [-0.05, 0) is 54.4 Å². The highest BCUT2D eigenvalue weighted by Crippen LogP contribution is 2.65. The first-order valence-electron chi connectivity index (χ1n) is 10.1. The number of halogens is 7. The van der Waals surface area contributed by atoms with E-state index >= 15 is 0 Å². The molecule has 0 radical (unpaired) electrons. The average molecular weight is 579 g/mol. The van der Waals surface area contributed by atoms with Gasteiger partial charge in [-0.3, -0.25) is 9.59 Å². The molecule has 0 aliphatic heterocycles. The minimum absolute atomic E-state index is 0.0110. The molecular formula is C24H15Cl5F2N2O2. The summed E-state index contributed by atoms with van der Waals surface area (Å²) >= 11 is 31.2. The Morgan fingerprint density at radius 2 is 1.57 bits per heavy atom. The molecule has 182 valence electrons. The van der Waals surface area contributed by atoms with Crippen LogP contribution in [0.2, 0.25) is 15.1 Å². The summed E-state index contributed by atoms with van der Waals surface area (Å²) in [6, 6.07) is 10.7. The van der Waals surface area contributed by atoms with E-state index in [2.05, 4.69) is 10.6 Å². The number of rotatable bonds is 5. The van der Waals surface area contributed by atoms with Crippen LogP contribution in [0.4, 0.5) is 20.2 Å². The number of carbonyl (C=O) groups is 2. The highest BCUT2D eigenvalue weighted by molar-refractivity contribution is 6.53. The van der Waals surface area contributed by atoms with Crippen LogP contribution >= 0.6 is 58.0 Å². The van der Waals surface area contributed by atoms with Gasteiger partial charge < -0.3 is 10.6 Å². The van der Waals surface area contributed by atoms with E-state index in [4.69, 9.17) is 58.0 Å². The van der Waals surface area contributed by atoms with Gasteiger partial charge in [-0.15, -0.1) is 23.2 Å². The van der Waals surface area contributed by atoms with Gasteiger partial charge in [-0.2, -0.15) is 0 Å². The van der Waals surface area contributed by atoms with E-state index < -0.39 is 45.3 Å². The third-order valence-corrected chi connectivity index (χ3v) is 7.77. The maximum absolute atomic E-state index is 13.9. The highest BCUT2D eigenvalue weighted by Gasteiger charge is 2.67. The quantitative estimate of drug-likeness (QED) is 0.301. The van der Waals surface area contributed by atoms with Gasteiger partial charge in [0.1, 0.15) is 21.7 Å². The Labute approximate surface area is 224 Å². The molecule has 0 unspecified atom stereocenters. The van der Waals surface area contributed by atoms with E-state index in [0.29, 0.717) is 21.2 Å². The summed E-state index contributed by atoms with van der Waals surface area (Å²) in [5, 5.41) is 5.54. The van der Waals surface area contributed by atoms with Crippen molar-refractivity contribution >= 4 is 81.2 Å². The van der Waals surface area contributed by atoms with Crippen LogP contribution in [0.1, 0.15) is 27.4 Å². The number of hydrogen-bond donors (Lipinski definition) is 2. The largest absolute Gasteiger partial charge is 0.326 e. The highest BCUT2D eigenvalue weighted by atomic mass is 35.5. The number of hydrogen-bond acceptors (Lipinski definition) is 2. The standard InChI is InChI=1S/C24H15Cl5F2N2O2/c1-10-7-11(8-15(26)20(10)27)18-19(24(18,28)29)23(35)32-12-5-6-14(25)13(9-12)22(34)33-21-16(30)3-2-4-17(21)31/h2-9,18-19H,1H3,(H,32,35)(H,33,34)/t18-,19+/m0/s1. The molecule has 2 atom stereocenters. The maximum Gasteiger partial charge on any atom is 0.257 e. The second-order valence-corrected chi connectivity index (χ2v) is 10.6. The molecule has 1 fully saturated rings. The number of carbonyl (C=O) groups excluding carboxylic acids is 2. The number of anilines is 2. The van der Waals surface area contributed by atoms with E-state index in [-0.39, 0.29) is 16.3 Å². The summed E-state index contributed by atoms with van der Waals surface area (Å²) in [6.45, 7) is 1.77. The minimum atomic E-state index is -1.39. The van der Waals surface area contributed by atoms with Crippen LogP contribution in [0.5, 0.6) is 0 Å². The molecular weight excluding hydrogens is 564 g/mol. The Morgan fingerprint density at radius 3 is 2.20 bits per heavy atom. The number of para-hydroxylation sites is 1. The molecule has 0 bridgehead atoms. The van der Waals surface area contributed by atoms with Gasteiger partial charge in [0.05, 0.1) is 26.5 Å². The molecule has 4 rings (SSSR count). The third kappa shape index (κ3) is 5.09. The number of alkyl halides is 2. The molecule has 3 aromatic rings. The summed E-state index contributed by atoms with van der Waals surface area (Å²) in [4.78, 5) is 25.6. The fraction of sp³-hybridized carbons (Fsp3) is 0.167. The number of amides is 2. The zero-order valence-electron chi connectivity index (χ0n) is 17.7. The normalized spacial score (nSPS) is 18.2. The fourth-order valence-corrected chi connectivity index (χ4v) is 5.21. The lowest BCUT2D eigenvalue weighted by atomic mass is 10.1. The fourth-order valence-electron chi connectivity index (χ4n) is 3.80. The van der Waals surface area contributed by atoms with Crippen LogP contribution in [-0.2, 0) is 4.79 Å². The molecule has 0 spiro atoms. The first-order chi connectivity index (χ1) is 16.4. The van der Waals surface area contributed by atoms with Gasteiger partial charge in [0, 0.05) is 11.6 Å². The molecule has 0 saturated heterocycles. The lowest BCUT2D eigenvalue weighted by Crippen LogP contribution is -2.18. The van der Waals surface area contributed by atoms with Crippen molar-refractivity contribution in [1.29, 1.82) is 0 Å². The molecule has 1 aliphatic rings. The second kappa shape index (κ2) is 9.75. The first kappa shape index (κ1) is 26.0. The van der Waals surface area contributed by atoms with Crippen LogP contribution < -0.4 is 10.6 Å². The molecule has 2 N–H and O–H groups in total. The number of aryl methyl sites for hydroxylation is 1. The Balaban J connectivity index is 1.54. The van der Waals surface area contributed by atoms with Crippen LogP contribution in [-0.4, -0.2) is 16.1 Å². The maximum atomic E-state index is 13.9.